The Balaban J connectivity index is 1.80. The lowest BCUT2D eigenvalue weighted by molar-refractivity contribution is -0.384. The fourth-order valence-electron chi connectivity index (χ4n) is 4.03. The first kappa shape index (κ1) is 32.5. The number of hydrogen-bond donors (Lipinski definition) is 1. The molecule has 1 atom stereocenters. The molecule has 0 saturated heterocycles. The highest BCUT2D eigenvalue weighted by atomic mass is 31.2. The average molecular weight is 598 g/mol. The van der Waals surface area contributed by atoms with Crippen molar-refractivity contribution < 1.29 is 32.9 Å². The maximum absolute atomic E-state index is 14.1. The van der Waals surface area contributed by atoms with Crippen molar-refractivity contribution in [2.24, 2.45) is 5.92 Å². The van der Waals surface area contributed by atoms with Crippen LogP contribution in [-0.4, -0.2) is 47.8 Å². The molecule has 224 valence electrons. The van der Waals surface area contributed by atoms with E-state index in [0.717, 1.165) is 11.1 Å². The zero-order valence-corrected chi connectivity index (χ0v) is 24.8. The quantitative estimate of drug-likeness (QED) is 0.0985. The molecular formula is C30H36N3O8P. The first-order chi connectivity index (χ1) is 20.1. The molecule has 1 N–H and O–H groups in total. The lowest BCUT2D eigenvalue weighted by atomic mass is 10.1. The number of carbonyl (C=O) groups is 2. The summed E-state index contributed by atoms with van der Waals surface area (Å²) in [7, 11) is -2.69. The summed E-state index contributed by atoms with van der Waals surface area (Å²) >= 11 is 0. The van der Waals surface area contributed by atoms with E-state index in [-0.39, 0.29) is 44.1 Å². The van der Waals surface area contributed by atoms with E-state index in [0.29, 0.717) is 5.56 Å². The Kier molecular flexibility index (Phi) is 12.2. The molecule has 0 aromatic heterocycles. The number of nitrogens with zero attached hydrogens (tertiary/aromatic N) is 2. The van der Waals surface area contributed by atoms with Crippen molar-refractivity contribution in [2.45, 2.75) is 39.5 Å². The van der Waals surface area contributed by atoms with Crippen molar-refractivity contribution in [1.29, 1.82) is 0 Å². The van der Waals surface area contributed by atoms with Gasteiger partial charge in [0.15, 0.2) is 0 Å². The number of methoxy groups -OCH3 is 1. The molecule has 3 rings (SSSR count). The summed E-state index contributed by atoms with van der Waals surface area (Å²) in [5.41, 5.74) is 2.06. The van der Waals surface area contributed by atoms with E-state index >= 15 is 0 Å². The molecule has 12 heteroatoms. The fraction of sp³-hybridized carbons (Fsp3) is 0.333. The number of carbonyl (C=O) groups excluding carboxylic acids is 2. The summed E-state index contributed by atoms with van der Waals surface area (Å²) in [6, 6.07) is 22.3. The van der Waals surface area contributed by atoms with Crippen LogP contribution < -0.4 is 5.32 Å². The van der Waals surface area contributed by atoms with Crippen LogP contribution in [0.2, 0.25) is 0 Å². The van der Waals surface area contributed by atoms with Crippen LogP contribution in [0, 0.1) is 16.0 Å². The minimum absolute atomic E-state index is 0.00890. The maximum atomic E-state index is 14.1. The van der Waals surface area contributed by atoms with Gasteiger partial charge in [0, 0.05) is 25.1 Å². The SMILES string of the molecule is COC(=O)[C@H](Cc1ccc([N+](=O)[O-])cc1)NC(=O)N(CC(C)C)CP(=O)(OCc1ccccc1)OCc1ccccc1. The fourth-order valence-corrected chi connectivity index (χ4v) is 5.62. The van der Waals surface area contributed by atoms with Crippen LogP contribution >= 0.6 is 7.60 Å². The number of hydrogen-bond acceptors (Lipinski definition) is 8. The predicted octanol–water partition coefficient (Wildman–Crippen LogP) is 5.93. The van der Waals surface area contributed by atoms with E-state index in [1.54, 1.807) is 0 Å². The van der Waals surface area contributed by atoms with E-state index in [1.165, 1.54) is 36.3 Å². The number of amides is 2. The van der Waals surface area contributed by atoms with Gasteiger partial charge in [0.2, 0.25) is 0 Å². The zero-order valence-electron chi connectivity index (χ0n) is 23.9. The monoisotopic (exact) mass is 597 g/mol. The van der Waals surface area contributed by atoms with Gasteiger partial charge in [0.25, 0.3) is 5.69 Å². The Morgan fingerprint density at radius 3 is 1.86 bits per heavy atom. The van der Waals surface area contributed by atoms with Crippen LogP contribution in [0.5, 0.6) is 0 Å². The second-order valence-corrected chi connectivity index (χ2v) is 12.1. The molecule has 0 bridgehead atoms. The molecule has 0 aliphatic rings. The molecule has 0 radical (unpaired) electrons. The molecule has 0 fully saturated rings. The molecule has 0 spiro atoms. The maximum Gasteiger partial charge on any atom is 0.350 e. The van der Waals surface area contributed by atoms with Gasteiger partial charge in [-0.15, -0.1) is 0 Å². The first-order valence-electron chi connectivity index (χ1n) is 13.4. The van der Waals surface area contributed by atoms with E-state index in [9.17, 15) is 24.3 Å². The number of non-ortho nitro benzene ring substituents is 1. The minimum atomic E-state index is -3.89. The summed E-state index contributed by atoms with van der Waals surface area (Å²) in [6.07, 6.45) is -0.333. The van der Waals surface area contributed by atoms with Crippen molar-refractivity contribution in [2.75, 3.05) is 19.9 Å². The standard InChI is InChI=1S/C30H36N3O8P/c1-23(2)19-32(30(35)31-28(29(34)39-3)18-24-14-16-27(17-15-24)33(36)37)22-42(38,40-20-25-10-6-4-7-11-25)41-21-26-12-8-5-9-13-26/h4-17,23,28H,18-22H2,1-3H3,(H,31,35)/t28-/m0/s1. The lowest BCUT2D eigenvalue weighted by Crippen LogP contribution is -2.50. The first-order valence-corrected chi connectivity index (χ1v) is 15.1. The van der Waals surface area contributed by atoms with E-state index in [4.69, 9.17) is 13.8 Å². The molecular weight excluding hydrogens is 561 g/mol. The summed E-state index contributed by atoms with van der Waals surface area (Å²) in [5.74, 6) is -0.714. The molecule has 0 aliphatic heterocycles. The third-order valence-electron chi connectivity index (χ3n) is 6.13. The topological polar surface area (TPSA) is 137 Å². The highest BCUT2D eigenvalue weighted by Crippen LogP contribution is 2.50. The Hall–Kier alpha value is -4.05. The van der Waals surface area contributed by atoms with Crippen LogP contribution in [0.25, 0.3) is 0 Å². The molecule has 0 heterocycles. The number of rotatable bonds is 15. The minimum Gasteiger partial charge on any atom is -0.467 e. The van der Waals surface area contributed by atoms with Crippen molar-refractivity contribution in [3.8, 4) is 0 Å². The zero-order chi connectivity index (χ0) is 30.5. The van der Waals surface area contributed by atoms with E-state index in [1.807, 2.05) is 74.5 Å². The van der Waals surface area contributed by atoms with Crippen molar-refractivity contribution in [3.63, 3.8) is 0 Å². The normalized spacial score (nSPS) is 12.0. The number of esters is 1. The number of nitrogens with one attached hydrogen (secondary N) is 1. The largest absolute Gasteiger partial charge is 0.467 e. The highest BCUT2D eigenvalue weighted by Gasteiger charge is 2.33. The van der Waals surface area contributed by atoms with Crippen molar-refractivity contribution in [1.82, 2.24) is 10.2 Å². The van der Waals surface area contributed by atoms with Crippen LogP contribution in [0.1, 0.15) is 30.5 Å². The molecule has 0 aliphatic carbocycles. The van der Waals surface area contributed by atoms with Crippen LogP contribution in [0.15, 0.2) is 84.9 Å². The van der Waals surface area contributed by atoms with Crippen LogP contribution in [-0.2, 0) is 42.8 Å². The molecule has 2 amide bonds. The average Bonchev–Trinajstić information content (AvgIpc) is 2.99. The Morgan fingerprint density at radius 1 is 0.881 bits per heavy atom. The second kappa shape index (κ2) is 15.8. The molecule has 11 nitrogen and oxygen atoms in total. The Labute approximate surface area is 245 Å². The van der Waals surface area contributed by atoms with Gasteiger partial charge in [0.1, 0.15) is 12.3 Å². The second-order valence-electron chi connectivity index (χ2n) is 10.0. The molecule has 0 saturated carbocycles. The lowest BCUT2D eigenvalue weighted by Gasteiger charge is -2.30. The van der Waals surface area contributed by atoms with Crippen LogP contribution in [0.3, 0.4) is 0 Å². The summed E-state index contributed by atoms with van der Waals surface area (Å²) < 4.78 is 30.7. The molecule has 3 aromatic carbocycles. The van der Waals surface area contributed by atoms with Crippen LogP contribution in [0.4, 0.5) is 10.5 Å². The van der Waals surface area contributed by atoms with Gasteiger partial charge in [-0.1, -0.05) is 86.6 Å². The van der Waals surface area contributed by atoms with Crippen molar-refractivity contribution >= 4 is 25.3 Å². The number of nitro groups is 1. The van der Waals surface area contributed by atoms with Gasteiger partial charge in [-0.05, 0) is 22.6 Å². The molecule has 42 heavy (non-hydrogen) atoms. The van der Waals surface area contributed by atoms with Gasteiger partial charge in [0.05, 0.1) is 25.2 Å². The summed E-state index contributed by atoms with van der Waals surface area (Å²) in [5, 5.41) is 13.7. The number of ether oxygens (including phenoxy) is 1. The van der Waals surface area contributed by atoms with Gasteiger partial charge < -0.3 is 24.0 Å². The predicted molar refractivity (Wildman–Crippen MR) is 158 cm³/mol. The van der Waals surface area contributed by atoms with E-state index in [2.05, 4.69) is 5.32 Å². The third-order valence-corrected chi connectivity index (χ3v) is 7.86. The highest BCUT2D eigenvalue weighted by molar-refractivity contribution is 7.53. The summed E-state index contributed by atoms with van der Waals surface area (Å²) in [6.45, 7) is 4.01. The molecule has 3 aromatic rings. The number of benzene rings is 3. The van der Waals surface area contributed by atoms with E-state index < -0.39 is 30.6 Å². The van der Waals surface area contributed by atoms with Gasteiger partial charge in [-0.25, -0.2) is 9.59 Å². The third kappa shape index (κ3) is 10.4. The summed E-state index contributed by atoms with van der Waals surface area (Å²) in [4.78, 5) is 37.9. The Bertz CT molecular complexity index is 1310. The van der Waals surface area contributed by atoms with Gasteiger partial charge >= 0.3 is 19.6 Å². The van der Waals surface area contributed by atoms with Gasteiger partial charge in [-0.2, -0.15) is 0 Å². The van der Waals surface area contributed by atoms with Gasteiger partial charge in [-0.3, -0.25) is 14.7 Å². The Morgan fingerprint density at radius 2 is 1.40 bits per heavy atom. The smallest absolute Gasteiger partial charge is 0.350 e. The number of urea groups is 1. The molecule has 0 unspecified atom stereocenters. The number of nitro benzene ring substituents is 1. The van der Waals surface area contributed by atoms with Crippen molar-refractivity contribution in [3.05, 3.63) is 112 Å².